The van der Waals surface area contributed by atoms with E-state index in [0.29, 0.717) is 18.8 Å². The summed E-state index contributed by atoms with van der Waals surface area (Å²) in [6.07, 6.45) is 2.05. The van der Waals surface area contributed by atoms with E-state index in [4.69, 9.17) is 4.74 Å². The number of hydrogen-bond acceptors (Lipinski definition) is 4. The number of benzene rings is 1. The van der Waals surface area contributed by atoms with Gasteiger partial charge in [-0.15, -0.1) is 0 Å². The van der Waals surface area contributed by atoms with E-state index >= 15 is 0 Å². The lowest BCUT2D eigenvalue weighted by Crippen LogP contribution is -2.34. The van der Waals surface area contributed by atoms with Gasteiger partial charge in [-0.1, -0.05) is 50.1 Å². The number of hydrogen-bond donors (Lipinski definition) is 1. The molecule has 1 atom stereocenters. The van der Waals surface area contributed by atoms with Crippen molar-refractivity contribution in [3.63, 3.8) is 0 Å². The molecule has 1 unspecified atom stereocenters. The molecule has 0 bridgehead atoms. The molecule has 1 heterocycles. The maximum absolute atomic E-state index is 12.9. The molecule has 0 spiro atoms. The number of carbonyl (C=O) groups is 1. The predicted octanol–water partition coefficient (Wildman–Crippen LogP) is 4.20. The molecular formula is C23H32N2O3. The van der Waals surface area contributed by atoms with Gasteiger partial charge in [-0.2, -0.15) is 0 Å². The minimum absolute atomic E-state index is 0.0712. The zero-order valence-electron chi connectivity index (χ0n) is 17.7. The van der Waals surface area contributed by atoms with Gasteiger partial charge in [0, 0.05) is 17.7 Å². The molecule has 28 heavy (non-hydrogen) atoms. The molecule has 0 fully saturated rings. The highest BCUT2D eigenvalue weighted by Crippen LogP contribution is 2.29. The van der Waals surface area contributed by atoms with Gasteiger partial charge < -0.3 is 10.1 Å². The standard InChI is InChI=1S/C23H32N2O3/c1-6-14-23(5,19-11-8-17(3)9-12-19)16-24-20-13-10-18(4)25(22(20)27)15-21(26)28-7-2/h8-13,24H,6-7,14-16H2,1-5H3. The second-order valence-electron chi connectivity index (χ2n) is 7.61. The van der Waals surface area contributed by atoms with Crippen molar-refractivity contribution in [1.82, 2.24) is 4.57 Å². The van der Waals surface area contributed by atoms with Crippen molar-refractivity contribution in [3.8, 4) is 0 Å². The third kappa shape index (κ3) is 5.24. The molecule has 1 aromatic heterocycles. The Kier molecular flexibility index (Phi) is 7.44. The third-order valence-electron chi connectivity index (χ3n) is 5.20. The molecule has 0 saturated carbocycles. The van der Waals surface area contributed by atoms with Crippen molar-refractivity contribution in [2.45, 2.75) is 59.4 Å². The van der Waals surface area contributed by atoms with Crippen LogP contribution in [0.15, 0.2) is 41.2 Å². The summed E-state index contributed by atoms with van der Waals surface area (Å²) in [5.74, 6) is -0.402. The highest BCUT2D eigenvalue weighted by molar-refractivity contribution is 5.69. The average molecular weight is 385 g/mol. The van der Waals surface area contributed by atoms with E-state index in [0.717, 1.165) is 18.5 Å². The summed E-state index contributed by atoms with van der Waals surface area (Å²) in [5.41, 5.74) is 3.44. The number of nitrogens with zero attached hydrogens (tertiary/aromatic N) is 1. The number of ether oxygens (including phenoxy) is 1. The van der Waals surface area contributed by atoms with Crippen LogP contribution in [-0.4, -0.2) is 23.7 Å². The number of pyridine rings is 1. The monoisotopic (exact) mass is 384 g/mol. The Hall–Kier alpha value is -2.56. The van der Waals surface area contributed by atoms with Gasteiger partial charge in [0.05, 0.1) is 6.61 Å². The highest BCUT2D eigenvalue weighted by Gasteiger charge is 2.26. The summed E-state index contributed by atoms with van der Waals surface area (Å²) < 4.78 is 6.45. The largest absolute Gasteiger partial charge is 0.465 e. The Balaban J connectivity index is 2.25. The van der Waals surface area contributed by atoms with Crippen molar-refractivity contribution >= 4 is 11.7 Å². The van der Waals surface area contributed by atoms with Crippen molar-refractivity contribution in [3.05, 3.63) is 63.6 Å². The van der Waals surface area contributed by atoms with E-state index in [2.05, 4.69) is 50.4 Å². The molecule has 152 valence electrons. The smallest absolute Gasteiger partial charge is 0.326 e. The lowest BCUT2D eigenvalue weighted by atomic mass is 9.78. The van der Waals surface area contributed by atoms with Crippen LogP contribution in [0.4, 0.5) is 5.69 Å². The number of aromatic nitrogens is 1. The molecule has 1 N–H and O–H groups in total. The van der Waals surface area contributed by atoms with Crippen molar-refractivity contribution in [2.24, 2.45) is 0 Å². The number of rotatable bonds is 9. The lowest BCUT2D eigenvalue weighted by molar-refractivity contribution is -0.143. The maximum Gasteiger partial charge on any atom is 0.326 e. The molecule has 0 aliphatic heterocycles. The van der Waals surface area contributed by atoms with E-state index in [1.165, 1.54) is 15.7 Å². The minimum Gasteiger partial charge on any atom is -0.465 e. The zero-order chi connectivity index (χ0) is 20.7. The molecule has 2 aromatic rings. The summed E-state index contributed by atoms with van der Waals surface area (Å²) in [7, 11) is 0. The summed E-state index contributed by atoms with van der Waals surface area (Å²) in [6, 6.07) is 12.2. The van der Waals surface area contributed by atoms with Crippen LogP contribution in [0, 0.1) is 13.8 Å². The first-order valence-electron chi connectivity index (χ1n) is 9.97. The van der Waals surface area contributed by atoms with Gasteiger partial charge in [0.2, 0.25) is 0 Å². The summed E-state index contributed by atoms with van der Waals surface area (Å²) in [5, 5.41) is 3.34. The molecular weight excluding hydrogens is 352 g/mol. The van der Waals surface area contributed by atoms with Crippen LogP contribution >= 0.6 is 0 Å². The van der Waals surface area contributed by atoms with Gasteiger partial charge in [-0.05, 0) is 44.9 Å². The molecule has 5 nitrogen and oxygen atoms in total. The van der Waals surface area contributed by atoms with Gasteiger partial charge in [-0.25, -0.2) is 0 Å². The summed E-state index contributed by atoms with van der Waals surface area (Å²) >= 11 is 0. The minimum atomic E-state index is -0.402. The normalized spacial score (nSPS) is 13.0. The zero-order valence-corrected chi connectivity index (χ0v) is 17.7. The fourth-order valence-electron chi connectivity index (χ4n) is 3.47. The number of esters is 1. The molecule has 0 radical (unpaired) electrons. The summed E-state index contributed by atoms with van der Waals surface area (Å²) in [4.78, 5) is 24.7. The second-order valence-corrected chi connectivity index (χ2v) is 7.61. The van der Waals surface area contributed by atoms with Crippen LogP contribution in [0.2, 0.25) is 0 Å². The van der Waals surface area contributed by atoms with Gasteiger partial charge >= 0.3 is 5.97 Å². The number of aryl methyl sites for hydroxylation is 2. The number of carbonyl (C=O) groups excluding carboxylic acids is 1. The van der Waals surface area contributed by atoms with Crippen molar-refractivity contribution in [2.75, 3.05) is 18.5 Å². The molecule has 1 aromatic carbocycles. The Bertz CT molecular complexity index is 855. The van der Waals surface area contributed by atoms with Gasteiger partial charge in [0.25, 0.3) is 5.56 Å². The van der Waals surface area contributed by atoms with Gasteiger partial charge in [-0.3, -0.25) is 14.2 Å². The molecule has 0 amide bonds. The number of anilines is 1. The van der Waals surface area contributed by atoms with E-state index in [1.807, 2.05) is 13.0 Å². The van der Waals surface area contributed by atoms with Crippen LogP contribution in [0.5, 0.6) is 0 Å². The van der Waals surface area contributed by atoms with E-state index in [9.17, 15) is 9.59 Å². The van der Waals surface area contributed by atoms with Crippen LogP contribution in [0.3, 0.4) is 0 Å². The average Bonchev–Trinajstić information content (AvgIpc) is 2.65. The topological polar surface area (TPSA) is 60.3 Å². The molecule has 0 saturated heterocycles. The van der Waals surface area contributed by atoms with Crippen LogP contribution in [0.25, 0.3) is 0 Å². The lowest BCUT2D eigenvalue weighted by Gasteiger charge is -2.31. The summed E-state index contributed by atoms with van der Waals surface area (Å²) in [6.45, 7) is 10.9. The van der Waals surface area contributed by atoms with Gasteiger partial charge in [0.15, 0.2) is 0 Å². The van der Waals surface area contributed by atoms with E-state index in [1.54, 1.807) is 13.0 Å². The predicted molar refractivity (Wildman–Crippen MR) is 114 cm³/mol. The van der Waals surface area contributed by atoms with Crippen LogP contribution in [-0.2, 0) is 21.5 Å². The third-order valence-corrected chi connectivity index (χ3v) is 5.20. The Labute approximate surface area is 167 Å². The maximum atomic E-state index is 12.9. The first-order chi connectivity index (χ1) is 13.3. The molecule has 2 rings (SSSR count). The van der Waals surface area contributed by atoms with Crippen molar-refractivity contribution < 1.29 is 9.53 Å². The number of nitrogens with one attached hydrogen (secondary N) is 1. The van der Waals surface area contributed by atoms with Crippen LogP contribution < -0.4 is 10.9 Å². The Morgan fingerprint density at radius 2 is 1.79 bits per heavy atom. The SMILES string of the molecule is CCCC(C)(CNc1ccc(C)n(CC(=O)OCC)c1=O)c1ccc(C)cc1. The first-order valence-corrected chi connectivity index (χ1v) is 9.97. The van der Waals surface area contributed by atoms with Crippen molar-refractivity contribution in [1.29, 1.82) is 0 Å². The fraction of sp³-hybridized carbons (Fsp3) is 0.478. The molecule has 5 heteroatoms. The molecule has 0 aliphatic carbocycles. The second kappa shape index (κ2) is 9.58. The van der Waals surface area contributed by atoms with Crippen LogP contribution in [0.1, 0.15) is 50.4 Å². The first kappa shape index (κ1) is 21.7. The molecule has 0 aliphatic rings. The fourth-order valence-corrected chi connectivity index (χ4v) is 3.47. The van der Waals surface area contributed by atoms with E-state index < -0.39 is 5.97 Å². The quantitative estimate of drug-likeness (QED) is 0.658. The highest BCUT2D eigenvalue weighted by atomic mass is 16.5. The Morgan fingerprint density at radius 3 is 2.39 bits per heavy atom. The van der Waals surface area contributed by atoms with Gasteiger partial charge in [0.1, 0.15) is 12.2 Å². The van der Waals surface area contributed by atoms with E-state index in [-0.39, 0.29) is 17.5 Å². The Morgan fingerprint density at radius 1 is 1.11 bits per heavy atom.